The Morgan fingerprint density at radius 3 is 2.79 bits per heavy atom. The van der Waals surface area contributed by atoms with Gasteiger partial charge in [-0.2, -0.15) is 5.10 Å². The van der Waals surface area contributed by atoms with Crippen molar-refractivity contribution in [2.45, 2.75) is 13.0 Å². The lowest BCUT2D eigenvalue weighted by Crippen LogP contribution is -2.05. The van der Waals surface area contributed by atoms with Crippen LogP contribution in [-0.4, -0.2) is 15.2 Å². The maximum Gasteiger partial charge on any atom is 0.0539 e. The molecule has 2 rings (SSSR count). The number of rotatable bonds is 3. The minimum Gasteiger partial charge on any atom is -0.378 e. The van der Waals surface area contributed by atoms with E-state index in [2.05, 4.69) is 27.4 Å². The molecular formula is C10H12N4. The molecule has 0 fully saturated rings. The minimum absolute atomic E-state index is 0.246. The number of pyridine rings is 1. The molecule has 1 unspecified atom stereocenters. The maximum atomic E-state index is 3.96. The Labute approximate surface area is 82.4 Å². The molecule has 0 saturated heterocycles. The molecular weight excluding hydrogens is 176 g/mol. The van der Waals surface area contributed by atoms with Crippen LogP contribution in [0.25, 0.3) is 0 Å². The van der Waals surface area contributed by atoms with Crippen molar-refractivity contribution in [2.75, 3.05) is 5.32 Å². The molecule has 0 saturated carbocycles. The predicted molar refractivity (Wildman–Crippen MR) is 54.9 cm³/mol. The van der Waals surface area contributed by atoms with Crippen LogP contribution in [0.1, 0.15) is 18.5 Å². The number of H-pyrrole nitrogens is 1. The number of hydrogen-bond acceptors (Lipinski definition) is 3. The summed E-state index contributed by atoms with van der Waals surface area (Å²) in [5, 5.41) is 10.0. The summed E-state index contributed by atoms with van der Waals surface area (Å²) in [5.41, 5.74) is 2.20. The third kappa shape index (κ3) is 1.90. The molecule has 2 N–H and O–H groups in total. The van der Waals surface area contributed by atoms with Crippen molar-refractivity contribution in [2.24, 2.45) is 0 Å². The second-order valence-electron chi connectivity index (χ2n) is 3.13. The number of hydrogen-bond donors (Lipinski definition) is 2. The Kier molecular flexibility index (Phi) is 2.44. The summed E-state index contributed by atoms with van der Waals surface area (Å²) in [6.07, 6.45) is 7.24. The Morgan fingerprint density at radius 1 is 1.36 bits per heavy atom. The zero-order valence-corrected chi connectivity index (χ0v) is 7.94. The normalized spacial score (nSPS) is 12.4. The van der Waals surface area contributed by atoms with Crippen molar-refractivity contribution in [3.8, 4) is 0 Å². The van der Waals surface area contributed by atoms with E-state index in [9.17, 15) is 0 Å². The second kappa shape index (κ2) is 3.91. The highest BCUT2D eigenvalue weighted by Crippen LogP contribution is 2.16. The highest BCUT2D eigenvalue weighted by atomic mass is 15.1. The molecule has 0 amide bonds. The van der Waals surface area contributed by atoms with Gasteiger partial charge < -0.3 is 5.32 Å². The van der Waals surface area contributed by atoms with Gasteiger partial charge >= 0.3 is 0 Å². The molecule has 4 heteroatoms. The first-order valence-corrected chi connectivity index (χ1v) is 4.51. The molecule has 72 valence electrons. The van der Waals surface area contributed by atoms with Gasteiger partial charge in [-0.15, -0.1) is 0 Å². The first-order valence-electron chi connectivity index (χ1n) is 4.51. The SMILES string of the molecule is CC(Nc1ccncc1)c1cn[nH]c1. The molecule has 0 bridgehead atoms. The minimum atomic E-state index is 0.246. The van der Waals surface area contributed by atoms with Crippen LogP contribution >= 0.6 is 0 Å². The second-order valence-corrected chi connectivity index (χ2v) is 3.13. The molecule has 0 aromatic carbocycles. The highest BCUT2D eigenvalue weighted by molar-refractivity contribution is 5.42. The summed E-state index contributed by atoms with van der Waals surface area (Å²) in [5.74, 6) is 0. The molecule has 0 aliphatic rings. The Morgan fingerprint density at radius 2 is 2.14 bits per heavy atom. The fourth-order valence-electron chi connectivity index (χ4n) is 1.28. The van der Waals surface area contributed by atoms with E-state index in [1.54, 1.807) is 12.4 Å². The monoisotopic (exact) mass is 188 g/mol. The summed E-state index contributed by atoms with van der Waals surface area (Å²) >= 11 is 0. The van der Waals surface area contributed by atoms with E-state index in [1.165, 1.54) is 0 Å². The molecule has 0 radical (unpaired) electrons. The van der Waals surface area contributed by atoms with Gasteiger partial charge in [0.15, 0.2) is 0 Å². The Balaban J connectivity index is 2.06. The predicted octanol–water partition coefficient (Wildman–Crippen LogP) is 1.98. The van der Waals surface area contributed by atoms with Crippen LogP contribution < -0.4 is 5.32 Å². The van der Waals surface area contributed by atoms with Crippen molar-refractivity contribution >= 4 is 5.69 Å². The van der Waals surface area contributed by atoms with Crippen LogP contribution in [0.2, 0.25) is 0 Å². The van der Waals surface area contributed by atoms with Crippen molar-refractivity contribution < 1.29 is 0 Å². The average Bonchev–Trinajstić information content (AvgIpc) is 2.72. The van der Waals surface area contributed by atoms with Gasteiger partial charge in [0.05, 0.1) is 12.2 Å². The fraction of sp³-hybridized carbons (Fsp3) is 0.200. The van der Waals surface area contributed by atoms with Gasteiger partial charge in [-0.05, 0) is 19.1 Å². The average molecular weight is 188 g/mol. The molecule has 2 heterocycles. The van der Waals surface area contributed by atoms with E-state index in [0.29, 0.717) is 0 Å². The Hall–Kier alpha value is -1.84. The highest BCUT2D eigenvalue weighted by Gasteiger charge is 2.04. The van der Waals surface area contributed by atoms with E-state index < -0.39 is 0 Å². The molecule has 0 aliphatic carbocycles. The fourth-order valence-corrected chi connectivity index (χ4v) is 1.28. The third-order valence-corrected chi connectivity index (χ3v) is 2.08. The number of anilines is 1. The smallest absolute Gasteiger partial charge is 0.0539 e. The first kappa shape index (κ1) is 8.74. The van der Waals surface area contributed by atoms with Crippen molar-refractivity contribution in [3.05, 3.63) is 42.5 Å². The topological polar surface area (TPSA) is 53.6 Å². The van der Waals surface area contributed by atoms with E-state index in [1.807, 2.05) is 24.5 Å². The molecule has 0 spiro atoms. The van der Waals surface area contributed by atoms with Crippen LogP contribution in [0, 0.1) is 0 Å². The summed E-state index contributed by atoms with van der Waals surface area (Å²) in [6.45, 7) is 2.09. The lowest BCUT2D eigenvalue weighted by atomic mass is 10.2. The third-order valence-electron chi connectivity index (χ3n) is 2.08. The van der Waals surface area contributed by atoms with Crippen molar-refractivity contribution in [3.63, 3.8) is 0 Å². The van der Waals surface area contributed by atoms with E-state index in [4.69, 9.17) is 0 Å². The van der Waals surface area contributed by atoms with Crippen LogP contribution in [-0.2, 0) is 0 Å². The van der Waals surface area contributed by atoms with Crippen molar-refractivity contribution in [1.29, 1.82) is 0 Å². The van der Waals surface area contributed by atoms with E-state index in [-0.39, 0.29) is 6.04 Å². The molecule has 2 aromatic rings. The lowest BCUT2D eigenvalue weighted by molar-refractivity contribution is 0.885. The lowest BCUT2D eigenvalue weighted by Gasteiger charge is -2.12. The summed E-state index contributed by atoms with van der Waals surface area (Å²) in [4.78, 5) is 3.96. The largest absolute Gasteiger partial charge is 0.378 e. The molecule has 1 atom stereocenters. The van der Waals surface area contributed by atoms with Crippen LogP contribution in [0.15, 0.2) is 36.9 Å². The summed E-state index contributed by atoms with van der Waals surface area (Å²) in [6, 6.07) is 4.13. The van der Waals surface area contributed by atoms with Gasteiger partial charge in [0.2, 0.25) is 0 Å². The maximum absolute atomic E-state index is 3.96. The molecule has 4 nitrogen and oxygen atoms in total. The number of nitrogens with one attached hydrogen (secondary N) is 2. The molecule has 14 heavy (non-hydrogen) atoms. The van der Waals surface area contributed by atoms with Crippen LogP contribution in [0.3, 0.4) is 0 Å². The van der Waals surface area contributed by atoms with Crippen molar-refractivity contribution in [1.82, 2.24) is 15.2 Å². The molecule has 2 aromatic heterocycles. The van der Waals surface area contributed by atoms with Gasteiger partial charge in [0.1, 0.15) is 0 Å². The van der Waals surface area contributed by atoms with E-state index >= 15 is 0 Å². The zero-order chi connectivity index (χ0) is 9.80. The number of aromatic nitrogens is 3. The summed E-state index contributed by atoms with van der Waals surface area (Å²) < 4.78 is 0. The first-order chi connectivity index (χ1) is 6.86. The zero-order valence-electron chi connectivity index (χ0n) is 7.94. The van der Waals surface area contributed by atoms with Gasteiger partial charge in [-0.25, -0.2) is 0 Å². The standard InChI is InChI=1S/C10H12N4/c1-8(9-6-12-13-7-9)14-10-2-4-11-5-3-10/h2-8H,1H3,(H,11,14)(H,12,13). The Bertz CT molecular complexity index is 368. The number of nitrogens with zero attached hydrogens (tertiary/aromatic N) is 2. The number of aromatic amines is 1. The van der Waals surface area contributed by atoms with Gasteiger partial charge in [0, 0.05) is 29.8 Å². The van der Waals surface area contributed by atoms with Crippen LogP contribution in [0.4, 0.5) is 5.69 Å². The molecule has 0 aliphatic heterocycles. The van der Waals surface area contributed by atoms with Gasteiger partial charge in [-0.3, -0.25) is 10.1 Å². The van der Waals surface area contributed by atoms with Gasteiger partial charge in [-0.1, -0.05) is 0 Å². The van der Waals surface area contributed by atoms with E-state index in [0.717, 1.165) is 11.3 Å². The van der Waals surface area contributed by atoms with Crippen LogP contribution in [0.5, 0.6) is 0 Å². The van der Waals surface area contributed by atoms with Gasteiger partial charge in [0.25, 0.3) is 0 Å². The quantitative estimate of drug-likeness (QED) is 0.774. The summed E-state index contributed by atoms with van der Waals surface area (Å²) in [7, 11) is 0.